The maximum atomic E-state index is 12.1. The standard InChI is InChI=1S/C15H16O4/c16-14(17)11-3-1-2-4-12(11)15(18)19-13-8-9-5-6-10(13)7-9/h1-4,9-10,13H,5-8H2,(H,16,17)/t9-,10-,13-/m0/s1. The Morgan fingerprint density at radius 3 is 2.42 bits per heavy atom. The maximum Gasteiger partial charge on any atom is 0.339 e. The van der Waals surface area contributed by atoms with Crippen LogP contribution < -0.4 is 0 Å². The summed E-state index contributed by atoms with van der Waals surface area (Å²) in [6.45, 7) is 0. The number of rotatable bonds is 3. The second-order valence-corrected chi connectivity index (χ2v) is 5.47. The molecule has 4 nitrogen and oxygen atoms in total. The summed E-state index contributed by atoms with van der Waals surface area (Å²) in [6, 6.07) is 6.21. The van der Waals surface area contributed by atoms with Crippen LogP contribution in [0.1, 0.15) is 46.4 Å². The summed E-state index contributed by atoms with van der Waals surface area (Å²) in [5, 5.41) is 9.07. The second-order valence-electron chi connectivity index (χ2n) is 5.47. The molecule has 0 amide bonds. The van der Waals surface area contributed by atoms with Crippen molar-refractivity contribution in [2.24, 2.45) is 11.8 Å². The van der Waals surface area contributed by atoms with Crippen molar-refractivity contribution in [2.75, 3.05) is 0 Å². The molecule has 3 rings (SSSR count). The summed E-state index contributed by atoms with van der Waals surface area (Å²) in [6.07, 6.45) is 4.44. The van der Waals surface area contributed by atoms with Crippen LogP contribution in [0.2, 0.25) is 0 Å². The van der Waals surface area contributed by atoms with Gasteiger partial charge in [0.05, 0.1) is 11.1 Å². The lowest BCUT2D eigenvalue weighted by atomic mass is 9.97. The third-order valence-electron chi connectivity index (χ3n) is 4.31. The molecule has 0 heterocycles. The van der Waals surface area contributed by atoms with Crippen molar-refractivity contribution in [1.82, 2.24) is 0 Å². The Kier molecular flexibility index (Phi) is 3.01. The van der Waals surface area contributed by atoms with E-state index < -0.39 is 11.9 Å². The van der Waals surface area contributed by atoms with Gasteiger partial charge in [0.15, 0.2) is 0 Å². The largest absolute Gasteiger partial charge is 0.478 e. The molecule has 0 spiro atoms. The van der Waals surface area contributed by atoms with Gasteiger partial charge >= 0.3 is 11.9 Å². The number of esters is 1. The highest BCUT2D eigenvalue weighted by molar-refractivity contribution is 6.02. The highest BCUT2D eigenvalue weighted by atomic mass is 16.5. The smallest absolute Gasteiger partial charge is 0.339 e. The number of aromatic carboxylic acids is 1. The molecule has 1 aromatic carbocycles. The molecule has 0 aromatic heterocycles. The topological polar surface area (TPSA) is 63.6 Å². The van der Waals surface area contributed by atoms with Crippen molar-refractivity contribution in [1.29, 1.82) is 0 Å². The van der Waals surface area contributed by atoms with Gasteiger partial charge in [-0.2, -0.15) is 0 Å². The van der Waals surface area contributed by atoms with Crippen molar-refractivity contribution in [2.45, 2.75) is 31.8 Å². The first-order valence-electron chi connectivity index (χ1n) is 6.68. The molecule has 0 unspecified atom stereocenters. The zero-order chi connectivity index (χ0) is 13.4. The van der Waals surface area contributed by atoms with Crippen molar-refractivity contribution in [3.8, 4) is 0 Å². The van der Waals surface area contributed by atoms with E-state index in [9.17, 15) is 9.59 Å². The summed E-state index contributed by atoms with van der Waals surface area (Å²) in [7, 11) is 0. The van der Waals surface area contributed by atoms with Crippen LogP contribution in [-0.4, -0.2) is 23.1 Å². The van der Waals surface area contributed by atoms with Gasteiger partial charge in [-0.25, -0.2) is 9.59 Å². The zero-order valence-corrected chi connectivity index (χ0v) is 10.5. The summed E-state index contributed by atoms with van der Waals surface area (Å²) in [5.74, 6) is -0.431. The van der Waals surface area contributed by atoms with E-state index >= 15 is 0 Å². The SMILES string of the molecule is O=C(O)c1ccccc1C(=O)O[C@H]1C[C@H]2CC[C@H]1C2. The first kappa shape index (κ1) is 12.2. The highest BCUT2D eigenvalue weighted by Crippen LogP contribution is 2.46. The number of carbonyl (C=O) groups excluding carboxylic acids is 1. The van der Waals surface area contributed by atoms with Crippen molar-refractivity contribution < 1.29 is 19.4 Å². The number of benzene rings is 1. The first-order valence-corrected chi connectivity index (χ1v) is 6.68. The average molecular weight is 260 g/mol. The third kappa shape index (κ3) is 2.23. The number of fused-ring (bicyclic) bond motifs is 2. The molecule has 19 heavy (non-hydrogen) atoms. The highest BCUT2D eigenvalue weighted by Gasteiger charge is 2.42. The molecule has 2 aliphatic rings. The van der Waals surface area contributed by atoms with Gasteiger partial charge in [-0.05, 0) is 49.7 Å². The Bertz CT molecular complexity index is 523. The molecule has 2 aliphatic carbocycles. The first-order chi connectivity index (χ1) is 9.15. The van der Waals surface area contributed by atoms with Crippen LogP contribution in [-0.2, 0) is 4.74 Å². The molecule has 2 bridgehead atoms. The Hall–Kier alpha value is -1.84. The van der Waals surface area contributed by atoms with Crippen molar-refractivity contribution >= 4 is 11.9 Å². The fraction of sp³-hybridized carbons (Fsp3) is 0.467. The maximum absolute atomic E-state index is 12.1. The van der Waals surface area contributed by atoms with Gasteiger partial charge in [0.1, 0.15) is 6.10 Å². The van der Waals surface area contributed by atoms with Crippen LogP contribution in [0.15, 0.2) is 24.3 Å². The lowest BCUT2D eigenvalue weighted by Gasteiger charge is -2.22. The van der Waals surface area contributed by atoms with Gasteiger partial charge in [0, 0.05) is 0 Å². The number of carbonyl (C=O) groups is 2. The van der Waals surface area contributed by atoms with Crippen LogP contribution in [0.3, 0.4) is 0 Å². The van der Waals surface area contributed by atoms with Crippen LogP contribution in [0.5, 0.6) is 0 Å². The summed E-state index contributed by atoms with van der Waals surface area (Å²) in [5.41, 5.74) is 0.161. The Labute approximate surface area is 111 Å². The van der Waals surface area contributed by atoms with E-state index in [0.29, 0.717) is 11.8 Å². The Balaban J connectivity index is 1.76. The summed E-state index contributed by atoms with van der Waals surface area (Å²) >= 11 is 0. The summed E-state index contributed by atoms with van der Waals surface area (Å²) in [4.78, 5) is 23.2. The van der Waals surface area contributed by atoms with Gasteiger partial charge in [-0.1, -0.05) is 12.1 Å². The normalized spacial score (nSPS) is 28.3. The fourth-order valence-electron chi connectivity index (χ4n) is 3.38. The van der Waals surface area contributed by atoms with Crippen LogP contribution in [0.25, 0.3) is 0 Å². The quantitative estimate of drug-likeness (QED) is 0.849. The van der Waals surface area contributed by atoms with Gasteiger partial charge in [-0.3, -0.25) is 0 Å². The van der Waals surface area contributed by atoms with E-state index in [0.717, 1.165) is 19.3 Å². The van der Waals surface area contributed by atoms with Gasteiger partial charge in [-0.15, -0.1) is 0 Å². The molecular formula is C15H16O4. The predicted molar refractivity (Wildman–Crippen MR) is 68.1 cm³/mol. The van der Waals surface area contributed by atoms with E-state index in [1.807, 2.05) is 0 Å². The van der Waals surface area contributed by atoms with Crippen molar-refractivity contribution in [3.63, 3.8) is 0 Å². The molecular weight excluding hydrogens is 244 g/mol. The Morgan fingerprint density at radius 2 is 1.84 bits per heavy atom. The summed E-state index contributed by atoms with van der Waals surface area (Å²) < 4.78 is 5.52. The molecule has 2 saturated carbocycles. The minimum Gasteiger partial charge on any atom is -0.478 e. The lowest BCUT2D eigenvalue weighted by molar-refractivity contribution is 0.0154. The predicted octanol–water partition coefficient (Wildman–Crippen LogP) is 2.73. The number of carboxylic acid groups (broad SMARTS) is 1. The molecule has 4 heteroatoms. The van der Waals surface area contributed by atoms with Crippen LogP contribution in [0, 0.1) is 11.8 Å². The Morgan fingerprint density at radius 1 is 1.11 bits per heavy atom. The molecule has 1 N–H and O–H groups in total. The molecule has 2 fully saturated rings. The number of carboxylic acids is 1. The van der Waals surface area contributed by atoms with E-state index in [2.05, 4.69) is 0 Å². The van der Waals surface area contributed by atoms with E-state index in [1.54, 1.807) is 12.1 Å². The molecule has 0 saturated heterocycles. The van der Waals surface area contributed by atoms with Gasteiger partial charge in [0.25, 0.3) is 0 Å². The fourth-order valence-corrected chi connectivity index (χ4v) is 3.38. The number of hydrogen-bond acceptors (Lipinski definition) is 3. The van der Waals surface area contributed by atoms with E-state index in [1.165, 1.54) is 18.6 Å². The minimum atomic E-state index is -1.10. The van der Waals surface area contributed by atoms with Crippen LogP contribution in [0.4, 0.5) is 0 Å². The van der Waals surface area contributed by atoms with Gasteiger partial charge < -0.3 is 9.84 Å². The number of hydrogen-bond donors (Lipinski definition) is 1. The number of ether oxygens (including phenoxy) is 1. The minimum absolute atomic E-state index is 0.00987. The molecule has 100 valence electrons. The van der Waals surface area contributed by atoms with Crippen LogP contribution >= 0.6 is 0 Å². The third-order valence-corrected chi connectivity index (χ3v) is 4.31. The second kappa shape index (κ2) is 4.68. The lowest BCUT2D eigenvalue weighted by Crippen LogP contribution is -2.25. The van der Waals surface area contributed by atoms with Crippen molar-refractivity contribution in [3.05, 3.63) is 35.4 Å². The van der Waals surface area contributed by atoms with Gasteiger partial charge in [0.2, 0.25) is 0 Å². The average Bonchev–Trinajstić information content (AvgIpc) is 3.01. The monoisotopic (exact) mass is 260 g/mol. The molecule has 0 aliphatic heterocycles. The molecule has 1 aromatic rings. The molecule has 0 radical (unpaired) electrons. The van der Waals surface area contributed by atoms with E-state index in [4.69, 9.17) is 9.84 Å². The van der Waals surface area contributed by atoms with E-state index in [-0.39, 0.29) is 17.2 Å². The molecule has 3 atom stereocenters. The zero-order valence-electron chi connectivity index (χ0n) is 10.5.